The molecule has 0 aliphatic heterocycles. The normalized spacial score (nSPS) is 24.3. The van der Waals surface area contributed by atoms with Crippen LogP contribution in [0.1, 0.15) is 49.1 Å². The van der Waals surface area contributed by atoms with Crippen molar-refractivity contribution < 1.29 is 24.2 Å². The van der Waals surface area contributed by atoms with Crippen LogP contribution >= 0.6 is 0 Å². The predicted octanol–water partition coefficient (Wildman–Crippen LogP) is 4.17. The van der Waals surface area contributed by atoms with Crippen molar-refractivity contribution in [3.8, 4) is 11.1 Å². The molecule has 7 nitrogen and oxygen atoms in total. The summed E-state index contributed by atoms with van der Waals surface area (Å²) in [5.41, 5.74) is 4.80. The first kappa shape index (κ1) is 23.4. The number of aliphatic carboxylic acids is 1. The highest BCUT2D eigenvalue weighted by molar-refractivity contribution is 5.79. The Morgan fingerprint density at radius 1 is 0.857 bits per heavy atom. The standard InChI is InChI=1S/C28H32N2O5/c31-26(29-15-19-13-24(19)27(32)33)12-17-9-10-18(11-17)14-30-28(34)35-16-25-22-7-3-1-5-20(22)21-6-2-4-8-23(21)25/h1-8,17-19,24-25H,9-16H2,(H,29,31)(H,30,34)(H,32,33)/t17?,18?,19-,24-/m0/s1. The fourth-order valence-corrected chi connectivity index (χ4v) is 5.78. The molecule has 0 bridgehead atoms. The van der Waals surface area contributed by atoms with Gasteiger partial charge in [0.05, 0.1) is 5.92 Å². The van der Waals surface area contributed by atoms with Gasteiger partial charge in [-0.25, -0.2) is 4.79 Å². The highest BCUT2D eigenvalue weighted by atomic mass is 16.5. The first-order valence-electron chi connectivity index (χ1n) is 12.6. The molecule has 0 aromatic heterocycles. The van der Waals surface area contributed by atoms with Gasteiger partial charge in [0, 0.05) is 25.4 Å². The van der Waals surface area contributed by atoms with Crippen LogP contribution in [-0.2, 0) is 14.3 Å². The molecule has 3 aliphatic rings. The Morgan fingerprint density at radius 3 is 2.17 bits per heavy atom. The van der Waals surface area contributed by atoms with Crippen LogP contribution in [0.2, 0.25) is 0 Å². The van der Waals surface area contributed by atoms with E-state index in [4.69, 9.17) is 9.84 Å². The molecule has 0 saturated heterocycles. The molecule has 2 aromatic carbocycles. The number of nitrogens with one attached hydrogen (secondary N) is 2. The Kier molecular flexibility index (Phi) is 6.75. The molecule has 2 amide bonds. The van der Waals surface area contributed by atoms with Gasteiger partial charge >= 0.3 is 12.1 Å². The van der Waals surface area contributed by atoms with Gasteiger partial charge in [0.25, 0.3) is 0 Å². The monoisotopic (exact) mass is 476 g/mol. The number of rotatable bonds is 9. The van der Waals surface area contributed by atoms with Crippen LogP contribution < -0.4 is 10.6 Å². The first-order chi connectivity index (χ1) is 17.0. The zero-order chi connectivity index (χ0) is 24.4. The summed E-state index contributed by atoms with van der Waals surface area (Å²) in [5.74, 6) is -0.303. The zero-order valence-corrected chi connectivity index (χ0v) is 19.7. The van der Waals surface area contributed by atoms with Crippen molar-refractivity contribution in [2.24, 2.45) is 23.7 Å². The van der Waals surface area contributed by atoms with E-state index in [-0.39, 0.29) is 23.7 Å². The topological polar surface area (TPSA) is 105 Å². The number of amides is 2. The minimum Gasteiger partial charge on any atom is -0.481 e. The van der Waals surface area contributed by atoms with Gasteiger partial charge in [-0.1, -0.05) is 48.5 Å². The lowest BCUT2D eigenvalue weighted by Crippen LogP contribution is -2.30. The summed E-state index contributed by atoms with van der Waals surface area (Å²) in [6.45, 7) is 1.31. The number of hydrogen-bond donors (Lipinski definition) is 3. The molecule has 3 aliphatic carbocycles. The van der Waals surface area contributed by atoms with Crippen LogP contribution in [0.15, 0.2) is 48.5 Å². The second-order valence-electron chi connectivity index (χ2n) is 10.2. The van der Waals surface area contributed by atoms with Gasteiger partial charge in [0.1, 0.15) is 6.61 Å². The van der Waals surface area contributed by atoms with E-state index in [1.54, 1.807) is 0 Å². The summed E-state index contributed by atoms with van der Waals surface area (Å²) in [7, 11) is 0. The van der Waals surface area contributed by atoms with E-state index in [0.717, 1.165) is 19.3 Å². The van der Waals surface area contributed by atoms with E-state index >= 15 is 0 Å². The number of benzene rings is 2. The summed E-state index contributed by atoms with van der Waals surface area (Å²) >= 11 is 0. The van der Waals surface area contributed by atoms with Gasteiger partial charge in [0.15, 0.2) is 0 Å². The Hall–Kier alpha value is -3.35. The maximum absolute atomic E-state index is 12.4. The van der Waals surface area contributed by atoms with Crippen LogP contribution in [0.5, 0.6) is 0 Å². The molecular formula is C28H32N2O5. The molecule has 2 fully saturated rings. The van der Waals surface area contributed by atoms with Crippen molar-refractivity contribution in [3.05, 3.63) is 59.7 Å². The highest BCUT2D eigenvalue weighted by Crippen LogP contribution is 2.44. The number of fused-ring (bicyclic) bond motifs is 3. The van der Waals surface area contributed by atoms with Crippen molar-refractivity contribution in [3.63, 3.8) is 0 Å². The average molecular weight is 477 g/mol. The number of ether oxygens (including phenoxy) is 1. The second-order valence-corrected chi connectivity index (χ2v) is 10.2. The molecule has 2 unspecified atom stereocenters. The van der Waals surface area contributed by atoms with Crippen LogP contribution in [0.3, 0.4) is 0 Å². The highest BCUT2D eigenvalue weighted by Gasteiger charge is 2.43. The van der Waals surface area contributed by atoms with E-state index in [2.05, 4.69) is 34.9 Å². The Balaban J connectivity index is 1.02. The van der Waals surface area contributed by atoms with Crippen molar-refractivity contribution in [1.29, 1.82) is 0 Å². The molecule has 4 atom stereocenters. The lowest BCUT2D eigenvalue weighted by Gasteiger charge is -2.16. The number of alkyl carbamates (subject to hydrolysis) is 1. The minimum absolute atomic E-state index is 0.00353. The molecule has 0 heterocycles. The van der Waals surface area contributed by atoms with Crippen molar-refractivity contribution >= 4 is 18.0 Å². The van der Waals surface area contributed by atoms with Crippen LogP contribution in [0.25, 0.3) is 11.1 Å². The number of carboxylic acid groups (broad SMARTS) is 1. The molecule has 0 radical (unpaired) electrons. The maximum Gasteiger partial charge on any atom is 0.407 e. The van der Waals surface area contributed by atoms with Crippen molar-refractivity contribution in [1.82, 2.24) is 10.6 Å². The van der Waals surface area contributed by atoms with Crippen LogP contribution in [0, 0.1) is 23.7 Å². The van der Waals surface area contributed by atoms with Gasteiger partial charge in [-0.3, -0.25) is 9.59 Å². The third-order valence-corrected chi connectivity index (χ3v) is 7.80. The largest absolute Gasteiger partial charge is 0.481 e. The van der Waals surface area contributed by atoms with Gasteiger partial charge in [0.2, 0.25) is 5.91 Å². The Bertz CT molecular complexity index is 1070. The van der Waals surface area contributed by atoms with Gasteiger partial charge in [-0.2, -0.15) is 0 Å². The molecule has 2 aromatic rings. The fourth-order valence-electron chi connectivity index (χ4n) is 5.78. The molecular weight excluding hydrogens is 444 g/mol. The van der Waals surface area contributed by atoms with E-state index < -0.39 is 12.1 Å². The van der Waals surface area contributed by atoms with E-state index in [1.807, 2.05) is 24.3 Å². The SMILES string of the molecule is O=C(CC1CCC(CNC(=O)OCC2c3ccccc3-c3ccccc32)C1)NC[C@@H]1C[C@@H]1C(=O)O. The average Bonchev–Trinajstić information content (AvgIpc) is 3.41. The molecule has 0 spiro atoms. The zero-order valence-electron chi connectivity index (χ0n) is 19.7. The summed E-state index contributed by atoms with van der Waals surface area (Å²) < 4.78 is 5.62. The Morgan fingerprint density at radius 2 is 1.51 bits per heavy atom. The molecule has 3 N–H and O–H groups in total. The number of carbonyl (C=O) groups is 3. The second kappa shape index (κ2) is 10.1. The van der Waals surface area contributed by atoms with E-state index in [9.17, 15) is 14.4 Å². The third-order valence-electron chi connectivity index (χ3n) is 7.80. The van der Waals surface area contributed by atoms with Crippen LogP contribution in [0.4, 0.5) is 4.79 Å². The molecule has 35 heavy (non-hydrogen) atoms. The summed E-state index contributed by atoms with van der Waals surface area (Å²) in [5, 5.41) is 14.8. The molecule has 184 valence electrons. The van der Waals surface area contributed by atoms with E-state index in [1.165, 1.54) is 22.3 Å². The van der Waals surface area contributed by atoms with E-state index in [0.29, 0.717) is 44.4 Å². The third kappa shape index (κ3) is 5.34. The predicted molar refractivity (Wildman–Crippen MR) is 131 cm³/mol. The summed E-state index contributed by atoms with van der Waals surface area (Å²) in [6.07, 6.45) is 3.56. The van der Waals surface area contributed by atoms with Gasteiger partial charge < -0.3 is 20.5 Å². The van der Waals surface area contributed by atoms with Crippen LogP contribution in [-0.4, -0.2) is 42.8 Å². The molecule has 2 saturated carbocycles. The maximum atomic E-state index is 12.4. The number of hydrogen-bond acceptors (Lipinski definition) is 4. The van der Waals surface area contributed by atoms with Crippen molar-refractivity contribution in [2.75, 3.05) is 19.7 Å². The smallest absolute Gasteiger partial charge is 0.407 e. The number of carbonyl (C=O) groups excluding carboxylic acids is 2. The lowest BCUT2D eigenvalue weighted by atomic mass is 9.98. The molecule has 5 rings (SSSR count). The first-order valence-corrected chi connectivity index (χ1v) is 12.6. The fraction of sp³-hybridized carbons (Fsp3) is 0.464. The Labute approximate surface area is 205 Å². The molecule has 7 heteroatoms. The summed E-state index contributed by atoms with van der Waals surface area (Å²) in [6, 6.07) is 16.5. The lowest BCUT2D eigenvalue weighted by molar-refractivity contribution is -0.139. The quantitative estimate of drug-likeness (QED) is 0.504. The minimum atomic E-state index is -0.771. The van der Waals surface area contributed by atoms with Gasteiger partial charge in [-0.05, 0) is 65.7 Å². The number of carboxylic acids is 1. The van der Waals surface area contributed by atoms with Crippen molar-refractivity contribution in [2.45, 2.75) is 38.0 Å². The summed E-state index contributed by atoms with van der Waals surface area (Å²) in [4.78, 5) is 35.5. The van der Waals surface area contributed by atoms with Gasteiger partial charge in [-0.15, -0.1) is 0 Å².